The molecule has 21 heavy (non-hydrogen) atoms. The second kappa shape index (κ2) is 7.09. The van der Waals surface area contributed by atoms with Crippen molar-refractivity contribution in [3.8, 4) is 0 Å². The first-order valence-corrected chi connectivity index (χ1v) is 8.19. The number of carbonyl (C=O) groups excluding carboxylic acids is 1. The van der Waals surface area contributed by atoms with Crippen molar-refractivity contribution in [1.82, 2.24) is 15.6 Å². The molecule has 2 unspecified atom stereocenters. The van der Waals surface area contributed by atoms with Crippen LogP contribution in [0.25, 0.3) is 0 Å². The van der Waals surface area contributed by atoms with E-state index in [4.69, 9.17) is 17.3 Å². The van der Waals surface area contributed by atoms with Crippen LogP contribution in [-0.2, 0) is 0 Å². The number of guanidine groups is 1. The molecule has 1 aliphatic rings. The highest BCUT2D eigenvalue weighted by Crippen LogP contribution is 2.24. The van der Waals surface area contributed by atoms with E-state index in [1.54, 1.807) is 0 Å². The molecule has 0 bridgehead atoms. The summed E-state index contributed by atoms with van der Waals surface area (Å²) in [7, 11) is 0. The summed E-state index contributed by atoms with van der Waals surface area (Å²) in [5.74, 6) is 0.0412. The van der Waals surface area contributed by atoms with E-state index < -0.39 is 0 Å². The van der Waals surface area contributed by atoms with Gasteiger partial charge in [0.15, 0.2) is 0 Å². The zero-order valence-electron chi connectivity index (χ0n) is 12.1. The zero-order chi connectivity index (χ0) is 15.4. The Morgan fingerprint density at radius 1 is 1.48 bits per heavy atom. The molecule has 8 heteroatoms. The third kappa shape index (κ3) is 4.86. The van der Waals surface area contributed by atoms with Crippen molar-refractivity contribution in [2.45, 2.75) is 50.9 Å². The van der Waals surface area contributed by atoms with Gasteiger partial charge in [-0.3, -0.25) is 5.32 Å². The van der Waals surface area contributed by atoms with Crippen molar-refractivity contribution in [2.75, 3.05) is 0 Å². The number of hydrogen-bond acceptors (Lipinski definition) is 4. The molecule has 4 N–H and O–H groups in total. The van der Waals surface area contributed by atoms with Gasteiger partial charge in [-0.2, -0.15) is 4.99 Å². The number of carbonyl (C=O) groups is 1. The number of nitrogens with zero attached hydrogens (tertiary/aromatic N) is 2. The van der Waals surface area contributed by atoms with Gasteiger partial charge in [0.1, 0.15) is 0 Å². The number of rotatable bonds is 2. The number of halogens is 1. The van der Waals surface area contributed by atoms with Crippen LogP contribution in [0.3, 0.4) is 0 Å². The second-order valence-electron chi connectivity index (χ2n) is 5.19. The summed E-state index contributed by atoms with van der Waals surface area (Å²) in [6.45, 7) is 3.88. The summed E-state index contributed by atoms with van der Waals surface area (Å²) in [6.07, 6.45) is 3.77. The molecule has 0 spiro atoms. The molecule has 2 atom stereocenters. The number of nitrogens with two attached hydrogens (primary N) is 1. The Kier molecular flexibility index (Phi) is 5.41. The zero-order valence-corrected chi connectivity index (χ0v) is 13.7. The Morgan fingerprint density at radius 3 is 2.86 bits per heavy atom. The van der Waals surface area contributed by atoms with Gasteiger partial charge in [-0.25, -0.2) is 9.78 Å². The van der Waals surface area contributed by atoms with Crippen LogP contribution in [0, 0.1) is 13.8 Å². The predicted molar refractivity (Wildman–Crippen MR) is 86.4 cm³/mol. The van der Waals surface area contributed by atoms with E-state index in [1.807, 2.05) is 13.8 Å². The predicted octanol–water partition coefficient (Wildman–Crippen LogP) is 2.56. The lowest BCUT2D eigenvalue weighted by Crippen LogP contribution is -2.48. The Labute approximate surface area is 133 Å². The van der Waals surface area contributed by atoms with Crippen molar-refractivity contribution < 1.29 is 4.79 Å². The molecule has 1 fully saturated rings. The number of aromatic nitrogens is 1. The number of urea groups is 1. The van der Waals surface area contributed by atoms with Crippen LogP contribution in [0.1, 0.15) is 36.3 Å². The molecular weight excluding hydrogens is 310 g/mol. The Balaban J connectivity index is 1.86. The van der Waals surface area contributed by atoms with Crippen LogP contribution in [0.5, 0.6) is 0 Å². The number of thiazole rings is 1. The lowest BCUT2D eigenvalue weighted by Gasteiger charge is -2.26. The first kappa shape index (κ1) is 16.0. The number of hydrogen-bond donors (Lipinski definition) is 3. The van der Waals surface area contributed by atoms with E-state index >= 15 is 0 Å². The van der Waals surface area contributed by atoms with E-state index in [0.29, 0.717) is 5.13 Å². The first-order chi connectivity index (χ1) is 9.94. The summed E-state index contributed by atoms with van der Waals surface area (Å²) in [5.41, 5.74) is 6.64. The summed E-state index contributed by atoms with van der Waals surface area (Å²) < 4.78 is 0. The monoisotopic (exact) mass is 329 g/mol. The van der Waals surface area contributed by atoms with Gasteiger partial charge in [-0.05, 0) is 39.5 Å². The summed E-state index contributed by atoms with van der Waals surface area (Å²) in [6, 6.07) is -0.254. The van der Waals surface area contributed by atoms with Crippen molar-refractivity contribution in [1.29, 1.82) is 0 Å². The highest BCUT2D eigenvalue weighted by molar-refractivity contribution is 7.15. The minimum Gasteiger partial charge on any atom is -0.369 e. The molecule has 6 nitrogen and oxygen atoms in total. The van der Waals surface area contributed by atoms with E-state index in [-0.39, 0.29) is 23.4 Å². The van der Waals surface area contributed by atoms with Gasteiger partial charge in [0.2, 0.25) is 11.1 Å². The van der Waals surface area contributed by atoms with Crippen LogP contribution in [0.4, 0.5) is 9.93 Å². The summed E-state index contributed by atoms with van der Waals surface area (Å²) in [4.78, 5) is 21.3. The number of aryl methyl sites for hydroxylation is 2. The van der Waals surface area contributed by atoms with Gasteiger partial charge < -0.3 is 11.1 Å². The fourth-order valence-electron chi connectivity index (χ4n) is 2.23. The molecule has 1 aromatic heterocycles. The SMILES string of the molecule is Cc1nc(N=C(N)NC(=O)NC2CCCC(Cl)C2)sc1C. The van der Waals surface area contributed by atoms with Crippen LogP contribution in [0.15, 0.2) is 4.99 Å². The van der Waals surface area contributed by atoms with Crippen molar-refractivity contribution >= 4 is 40.1 Å². The lowest BCUT2D eigenvalue weighted by molar-refractivity contribution is 0.237. The molecule has 0 aliphatic heterocycles. The van der Waals surface area contributed by atoms with Crippen molar-refractivity contribution in [3.63, 3.8) is 0 Å². The smallest absolute Gasteiger partial charge is 0.321 e. The molecule has 116 valence electrons. The summed E-state index contributed by atoms with van der Waals surface area (Å²) in [5, 5.41) is 6.07. The van der Waals surface area contributed by atoms with Gasteiger partial charge in [-0.1, -0.05) is 11.3 Å². The third-order valence-corrected chi connectivity index (χ3v) is 4.78. The van der Waals surface area contributed by atoms with E-state index in [0.717, 1.165) is 36.3 Å². The molecule has 1 heterocycles. The van der Waals surface area contributed by atoms with Gasteiger partial charge >= 0.3 is 6.03 Å². The molecule has 1 aromatic rings. The number of nitrogens with one attached hydrogen (secondary N) is 2. The van der Waals surface area contributed by atoms with Crippen molar-refractivity contribution in [2.24, 2.45) is 10.7 Å². The van der Waals surface area contributed by atoms with Crippen LogP contribution in [-0.4, -0.2) is 28.4 Å². The molecule has 0 saturated heterocycles. The van der Waals surface area contributed by atoms with Gasteiger partial charge in [0.05, 0.1) is 5.69 Å². The van der Waals surface area contributed by atoms with Crippen LogP contribution >= 0.6 is 22.9 Å². The summed E-state index contributed by atoms with van der Waals surface area (Å²) >= 11 is 7.54. The highest BCUT2D eigenvalue weighted by atomic mass is 35.5. The van der Waals surface area contributed by atoms with Crippen LogP contribution < -0.4 is 16.4 Å². The van der Waals surface area contributed by atoms with Crippen LogP contribution in [0.2, 0.25) is 0 Å². The van der Waals surface area contributed by atoms with Gasteiger partial charge in [0.25, 0.3) is 0 Å². The van der Waals surface area contributed by atoms with Gasteiger partial charge in [0, 0.05) is 16.3 Å². The maximum atomic E-state index is 11.8. The topological polar surface area (TPSA) is 92.4 Å². The normalized spacial score (nSPS) is 22.9. The maximum Gasteiger partial charge on any atom is 0.321 e. The second-order valence-corrected chi connectivity index (χ2v) is 6.99. The fraction of sp³-hybridized carbons (Fsp3) is 0.615. The number of aliphatic imine (C=N–C) groups is 1. The number of amides is 2. The van der Waals surface area contributed by atoms with Gasteiger partial charge in [-0.15, -0.1) is 11.6 Å². The quantitative estimate of drug-likeness (QED) is 0.442. The van der Waals surface area contributed by atoms with E-state index in [9.17, 15) is 4.79 Å². The lowest BCUT2D eigenvalue weighted by atomic mass is 9.95. The standard InChI is InChI=1S/C13H20ClN5OS/c1-7-8(2)21-13(16-7)19-11(15)18-12(20)17-10-5-3-4-9(14)6-10/h9-10H,3-6H2,1-2H3,(H4,15,16,17,18,19,20). The minimum atomic E-state index is -0.350. The molecular formula is C13H20ClN5OS. The Hall–Kier alpha value is -1.34. The average molecular weight is 330 g/mol. The molecule has 2 amide bonds. The Morgan fingerprint density at radius 2 is 2.24 bits per heavy atom. The number of alkyl halides is 1. The first-order valence-electron chi connectivity index (χ1n) is 6.94. The fourth-order valence-corrected chi connectivity index (χ4v) is 3.40. The molecule has 1 saturated carbocycles. The molecule has 0 radical (unpaired) electrons. The molecule has 0 aromatic carbocycles. The largest absolute Gasteiger partial charge is 0.369 e. The van der Waals surface area contributed by atoms with E-state index in [2.05, 4.69) is 20.6 Å². The maximum absolute atomic E-state index is 11.8. The van der Waals surface area contributed by atoms with Crippen molar-refractivity contribution in [3.05, 3.63) is 10.6 Å². The average Bonchev–Trinajstić information content (AvgIpc) is 2.67. The van der Waals surface area contributed by atoms with E-state index in [1.165, 1.54) is 11.3 Å². The Bertz CT molecular complexity index is 525. The highest BCUT2D eigenvalue weighted by Gasteiger charge is 2.21. The molecule has 2 rings (SSSR count). The molecule has 1 aliphatic carbocycles. The minimum absolute atomic E-state index is 0.0412. The third-order valence-electron chi connectivity index (χ3n) is 3.42.